The van der Waals surface area contributed by atoms with Crippen LogP contribution in [0.15, 0.2) is 157 Å². The van der Waals surface area contributed by atoms with E-state index in [9.17, 15) is 0 Å². The van der Waals surface area contributed by atoms with Crippen molar-refractivity contribution in [1.82, 2.24) is 0 Å². The topological polar surface area (TPSA) is 0 Å². The molecule has 4 atom stereocenters. The normalized spacial score (nSPS) is 22.3. The van der Waals surface area contributed by atoms with Gasteiger partial charge < -0.3 is 0 Å². The Morgan fingerprint density at radius 2 is 0.803 bits per heavy atom. The second-order valence-electron chi connectivity index (χ2n) is 18.3. The van der Waals surface area contributed by atoms with E-state index in [1.54, 1.807) is 33.4 Å². The standard InChI is InChI=1S/2C26H21.C6H10.2ClH.Hf/c2*1-2-8-18-15-19-11-7-14-24(25(19)16-18)26-22-12-5-3-9-20(22)17-21-10-4-6-13-23(21)26;1-2-4-6-5-3-1;;;/h2*3-7,9-17H,2,8H2,1H3;1-2H,3-6H2;2*1H;. The molecule has 2 fully saturated rings. The molecule has 0 radical (unpaired) electrons. The van der Waals surface area contributed by atoms with Crippen molar-refractivity contribution in [2.45, 2.75) is 79.9 Å². The van der Waals surface area contributed by atoms with Crippen molar-refractivity contribution >= 4 is 80.1 Å². The van der Waals surface area contributed by atoms with Crippen molar-refractivity contribution < 1.29 is 20.0 Å². The number of benzene rings is 8. The molecule has 12 rings (SSSR count). The zero-order chi connectivity index (χ0) is 39.2. The van der Waals surface area contributed by atoms with Gasteiger partial charge in [-0.05, 0) is 0 Å². The molecule has 3 heteroatoms. The van der Waals surface area contributed by atoms with Gasteiger partial charge in [0.1, 0.15) is 0 Å². The summed E-state index contributed by atoms with van der Waals surface area (Å²) in [6.07, 6.45) is 16.1. The molecule has 304 valence electrons. The van der Waals surface area contributed by atoms with Gasteiger partial charge in [-0.15, -0.1) is 24.8 Å². The van der Waals surface area contributed by atoms with Crippen LogP contribution in [0.2, 0.25) is 7.35 Å². The Labute approximate surface area is 378 Å². The molecular weight excluding hydrogens is 946 g/mol. The van der Waals surface area contributed by atoms with Crippen LogP contribution in [0.25, 0.3) is 77.5 Å². The molecule has 0 bridgehead atoms. The summed E-state index contributed by atoms with van der Waals surface area (Å²) >= 11 is -3.44. The Hall–Kier alpha value is -4.27. The summed E-state index contributed by atoms with van der Waals surface area (Å²) in [4.78, 5) is 0. The molecule has 1 saturated heterocycles. The summed E-state index contributed by atoms with van der Waals surface area (Å²) in [6.45, 7) is 4.86. The molecule has 0 nitrogen and oxygen atoms in total. The summed E-state index contributed by atoms with van der Waals surface area (Å²) in [7, 11) is 0. The molecule has 1 heterocycles. The van der Waals surface area contributed by atoms with E-state index in [1.165, 1.54) is 117 Å². The Balaban J connectivity index is 0.00000223. The van der Waals surface area contributed by atoms with Crippen molar-refractivity contribution in [3.05, 3.63) is 179 Å². The van der Waals surface area contributed by atoms with Gasteiger partial charge in [0.05, 0.1) is 0 Å². The van der Waals surface area contributed by atoms with Crippen molar-refractivity contribution in [2.75, 3.05) is 0 Å². The first-order valence-electron chi connectivity index (χ1n) is 22.7. The molecule has 0 aromatic heterocycles. The first kappa shape index (κ1) is 40.8. The van der Waals surface area contributed by atoms with Gasteiger partial charge in [-0.3, -0.25) is 0 Å². The summed E-state index contributed by atoms with van der Waals surface area (Å²) in [5.41, 5.74) is 15.8. The van der Waals surface area contributed by atoms with E-state index in [0.717, 1.165) is 7.35 Å². The van der Waals surface area contributed by atoms with E-state index in [4.69, 9.17) is 0 Å². The molecule has 1 aliphatic heterocycles. The number of hydrogen-bond donors (Lipinski definition) is 0. The fourth-order valence-electron chi connectivity index (χ4n) is 13.4. The van der Waals surface area contributed by atoms with E-state index in [1.807, 2.05) is 0 Å². The Morgan fingerprint density at radius 1 is 0.443 bits per heavy atom. The molecule has 8 aromatic rings. The van der Waals surface area contributed by atoms with Gasteiger partial charge in [0.25, 0.3) is 0 Å². The van der Waals surface area contributed by atoms with E-state index >= 15 is 0 Å². The Morgan fingerprint density at radius 3 is 1.16 bits per heavy atom. The summed E-state index contributed by atoms with van der Waals surface area (Å²) in [6, 6.07) is 56.3. The second-order valence-corrected chi connectivity index (χ2v) is 35.0. The number of hydrogen-bond acceptors (Lipinski definition) is 0. The molecule has 4 unspecified atom stereocenters. The first-order chi connectivity index (χ1) is 29.2. The second kappa shape index (κ2) is 16.1. The number of fused-ring (bicyclic) bond motifs is 7. The van der Waals surface area contributed by atoms with Gasteiger partial charge in [-0.2, -0.15) is 0 Å². The van der Waals surface area contributed by atoms with E-state index in [-0.39, 0.29) is 24.8 Å². The quantitative estimate of drug-likeness (QED) is 0.105. The van der Waals surface area contributed by atoms with E-state index < -0.39 is 20.0 Å². The Kier molecular flexibility index (Phi) is 10.8. The molecule has 0 amide bonds. The van der Waals surface area contributed by atoms with Crippen LogP contribution in [0.5, 0.6) is 0 Å². The molecule has 1 saturated carbocycles. The van der Waals surface area contributed by atoms with Crippen LogP contribution < -0.4 is 0 Å². The van der Waals surface area contributed by atoms with Gasteiger partial charge in [-0.1, -0.05) is 0 Å². The van der Waals surface area contributed by atoms with Crippen LogP contribution in [0.3, 0.4) is 0 Å². The van der Waals surface area contributed by atoms with Crippen molar-refractivity contribution in [1.29, 1.82) is 0 Å². The smallest absolute Gasteiger partial charge is 0.147 e. The minimum atomic E-state index is -3.44. The SMILES string of the molecule is CCCC1=Cc2c(-c3c4ccccc4cc4ccccc34)cccc2[CH]1[Hf]1([CH]2C(CCC)=Cc3c(-c4c5ccccc5cc5ccccc45)cccc32)[CH]2CCCC[CH]21.Cl.Cl. The number of rotatable bonds is 8. The average molecular weight is 1000 g/mol. The predicted molar refractivity (Wildman–Crippen MR) is 265 cm³/mol. The molecule has 0 spiro atoms. The fourth-order valence-corrected chi connectivity index (χ4v) is 48.8. The molecule has 4 aliphatic rings. The van der Waals surface area contributed by atoms with Crippen LogP contribution in [-0.4, -0.2) is 0 Å². The maximum atomic E-state index is 2.76. The van der Waals surface area contributed by atoms with Crippen LogP contribution in [0, 0.1) is 0 Å². The van der Waals surface area contributed by atoms with Crippen LogP contribution in [0.1, 0.15) is 94.8 Å². The van der Waals surface area contributed by atoms with Gasteiger partial charge in [-0.25, -0.2) is 0 Å². The third-order valence-electron chi connectivity index (χ3n) is 15.4. The van der Waals surface area contributed by atoms with Crippen LogP contribution in [-0.2, 0) is 20.0 Å². The number of halogens is 2. The monoisotopic (exact) mass is 1000 g/mol. The third-order valence-corrected chi connectivity index (χ3v) is 40.3. The Bertz CT molecular complexity index is 2760. The average Bonchev–Trinajstić information content (AvgIpc) is 3.54. The maximum absolute atomic E-state index is 3.44. The molecule has 0 N–H and O–H groups in total. The molecule has 3 aliphatic carbocycles. The maximum Gasteiger partial charge on any atom is -0.147 e. The third kappa shape index (κ3) is 6.08. The van der Waals surface area contributed by atoms with Crippen LogP contribution >= 0.6 is 24.8 Å². The minimum absolute atomic E-state index is 0. The summed E-state index contributed by atoms with van der Waals surface area (Å²) < 4.78 is 3.22. The minimum Gasteiger partial charge on any atom is -0.147 e. The van der Waals surface area contributed by atoms with E-state index in [2.05, 4.69) is 172 Å². The largest absolute Gasteiger partial charge is 0.147 e. The molecular formula is C58H54Cl2Hf. The zero-order valence-electron chi connectivity index (χ0n) is 35.3. The zero-order valence-corrected chi connectivity index (χ0v) is 40.5. The van der Waals surface area contributed by atoms with Gasteiger partial charge >= 0.3 is 356 Å². The fraction of sp³-hybridized carbons (Fsp3) is 0.241. The van der Waals surface area contributed by atoms with Crippen LogP contribution in [0.4, 0.5) is 0 Å². The molecule has 8 aromatic carbocycles. The summed E-state index contributed by atoms with van der Waals surface area (Å²) in [5.74, 6) is 0. The number of allylic oxidation sites excluding steroid dienone is 2. The summed E-state index contributed by atoms with van der Waals surface area (Å²) in [5, 5.41) is 10.8. The van der Waals surface area contributed by atoms with E-state index in [0.29, 0.717) is 7.35 Å². The van der Waals surface area contributed by atoms with Gasteiger partial charge in [0, 0.05) is 0 Å². The van der Waals surface area contributed by atoms with Gasteiger partial charge in [0.2, 0.25) is 0 Å². The van der Waals surface area contributed by atoms with Crippen molar-refractivity contribution in [3.63, 3.8) is 0 Å². The molecule has 61 heavy (non-hydrogen) atoms. The van der Waals surface area contributed by atoms with Gasteiger partial charge in [0.15, 0.2) is 0 Å². The van der Waals surface area contributed by atoms with Crippen molar-refractivity contribution in [3.8, 4) is 22.3 Å². The predicted octanol–water partition coefficient (Wildman–Crippen LogP) is 18.0. The van der Waals surface area contributed by atoms with Crippen molar-refractivity contribution in [2.24, 2.45) is 0 Å². The first-order valence-corrected chi connectivity index (χ1v) is 31.0.